The fraction of sp³-hybridized carbons (Fsp3) is 0.0455. The minimum Gasteiger partial charge on any atom is -0.289 e. The summed E-state index contributed by atoms with van der Waals surface area (Å²) in [5.41, 5.74) is 6.34. The maximum absolute atomic E-state index is 12.6. The number of allylic oxidation sites excluding steroid dienone is 1. The van der Waals surface area contributed by atoms with Crippen LogP contribution in [0.4, 0.5) is 0 Å². The summed E-state index contributed by atoms with van der Waals surface area (Å²) in [6.45, 7) is 0. The summed E-state index contributed by atoms with van der Waals surface area (Å²) in [5, 5.41) is 0.932. The number of carbonyl (C=O) groups excluding carboxylic acids is 1. The van der Waals surface area contributed by atoms with Crippen molar-refractivity contribution in [3.05, 3.63) is 99.0 Å². The van der Waals surface area contributed by atoms with Crippen LogP contribution in [-0.2, 0) is 6.42 Å². The zero-order valence-electron chi connectivity index (χ0n) is 13.3. The molecule has 0 heterocycles. The Morgan fingerprint density at radius 3 is 2.56 bits per heavy atom. The number of ketones is 1. The molecule has 3 aromatic rings. The molecule has 0 bridgehead atoms. The van der Waals surface area contributed by atoms with Crippen LogP contribution in [0.5, 0.6) is 0 Å². The molecule has 4 rings (SSSR count). The molecule has 25 heavy (non-hydrogen) atoms. The van der Waals surface area contributed by atoms with Crippen LogP contribution in [0.1, 0.15) is 27.0 Å². The van der Waals surface area contributed by atoms with E-state index < -0.39 is 0 Å². The molecule has 0 N–H and O–H groups in total. The van der Waals surface area contributed by atoms with E-state index in [-0.39, 0.29) is 5.78 Å². The van der Waals surface area contributed by atoms with Crippen molar-refractivity contribution in [3.8, 4) is 11.1 Å². The van der Waals surface area contributed by atoms with Gasteiger partial charge >= 0.3 is 0 Å². The van der Waals surface area contributed by atoms with Crippen LogP contribution in [0.2, 0.25) is 10.0 Å². The average molecular weight is 365 g/mol. The van der Waals surface area contributed by atoms with Gasteiger partial charge in [0.1, 0.15) is 0 Å². The Balaban J connectivity index is 1.64. The number of rotatable bonds is 3. The van der Waals surface area contributed by atoms with E-state index in [2.05, 4.69) is 12.1 Å². The van der Waals surface area contributed by atoms with Crippen molar-refractivity contribution in [3.63, 3.8) is 0 Å². The predicted molar refractivity (Wildman–Crippen MR) is 105 cm³/mol. The number of hydrogen-bond acceptors (Lipinski definition) is 1. The maximum Gasteiger partial charge on any atom is 0.185 e. The molecule has 1 aliphatic carbocycles. The van der Waals surface area contributed by atoms with E-state index in [1.165, 1.54) is 16.7 Å². The Morgan fingerprint density at radius 2 is 1.68 bits per heavy atom. The van der Waals surface area contributed by atoms with E-state index in [1.807, 2.05) is 42.5 Å². The van der Waals surface area contributed by atoms with Crippen LogP contribution in [0.25, 0.3) is 17.2 Å². The highest BCUT2D eigenvalue weighted by molar-refractivity contribution is 6.42. The lowest BCUT2D eigenvalue weighted by molar-refractivity contribution is 0.104. The first-order valence-electron chi connectivity index (χ1n) is 8.01. The maximum atomic E-state index is 12.6. The second-order valence-electron chi connectivity index (χ2n) is 6.05. The van der Waals surface area contributed by atoms with E-state index in [0.717, 1.165) is 17.5 Å². The zero-order chi connectivity index (χ0) is 17.4. The monoisotopic (exact) mass is 364 g/mol. The van der Waals surface area contributed by atoms with E-state index in [4.69, 9.17) is 23.2 Å². The molecule has 0 saturated heterocycles. The summed E-state index contributed by atoms with van der Waals surface area (Å²) in [6, 6.07) is 19.6. The van der Waals surface area contributed by atoms with Gasteiger partial charge in [0.25, 0.3) is 0 Å². The van der Waals surface area contributed by atoms with Crippen LogP contribution in [0.3, 0.4) is 0 Å². The fourth-order valence-corrected chi connectivity index (χ4v) is 3.56. The summed E-state index contributed by atoms with van der Waals surface area (Å²) >= 11 is 12.2. The normalized spacial score (nSPS) is 12.2. The Bertz CT molecular complexity index is 1020. The first kappa shape index (κ1) is 16.1. The summed E-state index contributed by atoms with van der Waals surface area (Å²) in [5.74, 6) is -0.0526. The van der Waals surface area contributed by atoms with Gasteiger partial charge in [0.05, 0.1) is 10.0 Å². The van der Waals surface area contributed by atoms with Gasteiger partial charge in [0, 0.05) is 5.56 Å². The van der Waals surface area contributed by atoms with Crippen molar-refractivity contribution in [2.75, 3.05) is 0 Å². The van der Waals surface area contributed by atoms with Gasteiger partial charge < -0.3 is 0 Å². The van der Waals surface area contributed by atoms with E-state index in [1.54, 1.807) is 18.2 Å². The molecule has 1 aliphatic rings. The zero-order valence-corrected chi connectivity index (χ0v) is 14.8. The quantitative estimate of drug-likeness (QED) is 0.301. The van der Waals surface area contributed by atoms with Gasteiger partial charge in [-0.2, -0.15) is 0 Å². The highest BCUT2D eigenvalue weighted by Gasteiger charge is 2.18. The molecular weight excluding hydrogens is 351 g/mol. The Kier molecular flexibility index (Phi) is 4.20. The predicted octanol–water partition coefficient (Wildman–Crippen LogP) is 6.46. The molecule has 3 aromatic carbocycles. The van der Waals surface area contributed by atoms with Crippen LogP contribution >= 0.6 is 23.2 Å². The molecule has 0 aliphatic heterocycles. The fourth-order valence-electron chi connectivity index (χ4n) is 3.19. The summed E-state index contributed by atoms with van der Waals surface area (Å²) < 4.78 is 0. The van der Waals surface area contributed by atoms with Gasteiger partial charge in [-0.05, 0) is 58.5 Å². The van der Waals surface area contributed by atoms with Crippen molar-refractivity contribution < 1.29 is 4.79 Å². The molecule has 3 heteroatoms. The summed E-state index contributed by atoms with van der Waals surface area (Å²) in [7, 11) is 0. The Labute approximate surface area is 156 Å². The van der Waals surface area contributed by atoms with Crippen LogP contribution in [0.15, 0.2) is 66.7 Å². The molecule has 122 valence electrons. The third-order valence-electron chi connectivity index (χ3n) is 4.48. The SMILES string of the molecule is O=C(C=Cc1cccc(Cl)c1Cl)c1ccc2c(c1)-c1ccccc1C2. The third-order valence-corrected chi connectivity index (χ3v) is 5.31. The number of carbonyl (C=O) groups is 1. The van der Waals surface area contributed by atoms with Crippen molar-refractivity contribution >= 4 is 35.1 Å². The Hall–Kier alpha value is -2.35. The van der Waals surface area contributed by atoms with Crippen molar-refractivity contribution in [1.29, 1.82) is 0 Å². The number of benzene rings is 3. The van der Waals surface area contributed by atoms with Gasteiger partial charge in [0.15, 0.2) is 5.78 Å². The largest absolute Gasteiger partial charge is 0.289 e. The molecular formula is C22H14Cl2O. The highest BCUT2D eigenvalue weighted by atomic mass is 35.5. The van der Waals surface area contributed by atoms with Crippen molar-refractivity contribution in [2.45, 2.75) is 6.42 Å². The van der Waals surface area contributed by atoms with E-state index in [0.29, 0.717) is 15.6 Å². The van der Waals surface area contributed by atoms with Crippen LogP contribution < -0.4 is 0 Å². The second kappa shape index (κ2) is 6.51. The van der Waals surface area contributed by atoms with E-state index >= 15 is 0 Å². The van der Waals surface area contributed by atoms with Crippen molar-refractivity contribution in [1.82, 2.24) is 0 Å². The van der Waals surface area contributed by atoms with Crippen molar-refractivity contribution in [2.24, 2.45) is 0 Å². The van der Waals surface area contributed by atoms with Gasteiger partial charge in [-0.15, -0.1) is 0 Å². The molecule has 0 radical (unpaired) electrons. The lowest BCUT2D eigenvalue weighted by atomic mass is 10.0. The van der Waals surface area contributed by atoms with Crippen LogP contribution in [-0.4, -0.2) is 5.78 Å². The summed E-state index contributed by atoms with van der Waals surface area (Å²) in [6.07, 6.45) is 4.17. The molecule has 0 fully saturated rings. The minimum absolute atomic E-state index is 0.0526. The average Bonchev–Trinajstić information content (AvgIpc) is 3.00. The highest BCUT2D eigenvalue weighted by Crippen LogP contribution is 2.37. The smallest absolute Gasteiger partial charge is 0.185 e. The van der Waals surface area contributed by atoms with E-state index in [9.17, 15) is 4.79 Å². The number of halogens is 2. The van der Waals surface area contributed by atoms with Gasteiger partial charge in [-0.3, -0.25) is 4.79 Å². The standard InChI is InChI=1S/C22H14Cl2O/c23-20-7-3-5-14(22(20)24)10-11-21(25)17-9-8-16-12-15-4-1-2-6-18(15)19(16)13-17/h1-11,13H,12H2. The molecule has 0 aromatic heterocycles. The van der Waals surface area contributed by atoms with Gasteiger partial charge in [-0.1, -0.05) is 71.7 Å². The lowest BCUT2D eigenvalue weighted by Gasteiger charge is -2.04. The summed E-state index contributed by atoms with van der Waals surface area (Å²) in [4.78, 5) is 12.6. The first-order chi connectivity index (χ1) is 12.1. The number of fused-ring (bicyclic) bond motifs is 3. The third kappa shape index (κ3) is 3.02. The van der Waals surface area contributed by atoms with Gasteiger partial charge in [0.2, 0.25) is 0 Å². The van der Waals surface area contributed by atoms with Crippen LogP contribution in [0, 0.1) is 0 Å². The minimum atomic E-state index is -0.0526. The molecule has 0 unspecified atom stereocenters. The molecule has 1 nitrogen and oxygen atoms in total. The first-order valence-corrected chi connectivity index (χ1v) is 8.77. The molecule has 0 atom stereocenters. The lowest BCUT2D eigenvalue weighted by Crippen LogP contribution is -1.95. The Morgan fingerprint density at radius 1 is 0.880 bits per heavy atom. The topological polar surface area (TPSA) is 17.1 Å². The van der Waals surface area contributed by atoms with Gasteiger partial charge in [-0.25, -0.2) is 0 Å². The second-order valence-corrected chi connectivity index (χ2v) is 6.83. The number of hydrogen-bond donors (Lipinski definition) is 0. The molecule has 0 amide bonds. The molecule has 0 saturated carbocycles. The molecule has 0 spiro atoms.